The van der Waals surface area contributed by atoms with E-state index < -0.39 is 0 Å². The number of amides is 1. The summed E-state index contributed by atoms with van der Waals surface area (Å²) < 4.78 is 0. The zero-order chi connectivity index (χ0) is 17.7. The Balaban J connectivity index is 2.13. The molecule has 2 N–H and O–H groups in total. The van der Waals surface area contributed by atoms with Gasteiger partial charge < -0.3 is 10.6 Å². The highest BCUT2D eigenvalue weighted by Crippen LogP contribution is 2.27. The van der Waals surface area contributed by atoms with Crippen LogP contribution in [0.1, 0.15) is 55.1 Å². The summed E-state index contributed by atoms with van der Waals surface area (Å²) in [5.74, 6) is 1.19. The van der Waals surface area contributed by atoms with Crippen LogP contribution in [-0.4, -0.2) is 22.4 Å². The number of carbonyl (C=O) groups excluding carboxylic acids is 1. The van der Waals surface area contributed by atoms with Crippen LogP contribution in [0, 0.1) is 12.8 Å². The molecule has 0 saturated carbocycles. The van der Waals surface area contributed by atoms with Crippen LogP contribution < -0.4 is 10.6 Å². The number of aromatic nitrogens is 2. The first-order chi connectivity index (χ1) is 11.4. The predicted molar refractivity (Wildman–Crippen MR) is 98.6 cm³/mol. The number of benzene rings is 1. The summed E-state index contributed by atoms with van der Waals surface area (Å²) in [5, 5.41) is 6.15. The number of hydrogen-bond acceptors (Lipinski definition) is 4. The average Bonchev–Trinajstić information content (AvgIpc) is 2.55. The number of nitrogens with zero attached hydrogens (tertiary/aromatic N) is 2. The first-order valence-corrected chi connectivity index (χ1v) is 8.35. The summed E-state index contributed by atoms with van der Waals surface area (Å²) in [6.45, 7) is 11.3. The molecule has 0 atom stereocenters. The SMILES string of the molecule is Cc1cccc(C(C)C)c1NC(=O)c1cnc(NCC(C)C)nc1. The second-order valence-corrected chi connectivity index (χ2v) is 6.72. The van der Waals surface area contributed by atoms with E-state index in [0.29, 0.717) is 23.3 Å². The zero-order valence-corrected chi connectivity index (χ0v) is 15.1. The number of nitrogens with one attached hydrogen (secondary N) is 2. The lowest BCUT2D eigenvalue weighted by atomic mass is 9.98. The van der Waals surface area contributed by atoms with Gasteiger partial charge in [-0.15, -0.1) is 0 Å². The van der Waals surface area contributed by atoms with E-state index in [0.717, 1.165) is 23.4 Å². The second-order valence-electron chi connectivity index (χ2n) is 6.72. The van der Waals surface area contributed by atoms with Crippen molar-refractivity contribution in [3.63, 3.8) is 0 Å². The number of rotatable bonds is 6. The monoisotopic (exact) mass is 326 g/mol. The standard InChI is InChI=1S/C19H26N4O/c1-12(2)9-20-19-21-10-15(11-22-19)18(24)23-17-14(5)7-6-8-16(17)13(3)4/h6-8,10-13H,9H2,1-5H3,(H,23,24)(H,20,21,22). The summed E-state index contributed by atoms with van der Waals surface area (Å²) in [5.41, 5.74) is 3.49. The van der Waals surface area contributed by atoms with E-state index in [4.69, 9.17) is 0 Å². The van der Waals surface area contributed by atoms with E-state index in [1.807, 2.05) is 25.1 Å². The Bertz CT molecular complexity index is 693. The molecule has 0 fully saturated rings. The van der Waals surface area contributed by atoms with Gasteiger partial charge in [-0.25, -0.2) is 9.97 Å². The number of para-hydroxylation sites is 1. The van der Waals surface area contributed by atoms with Gasteiger partial charge >= 0.3 is 0 Å². The van der Waals surface area contributed by atoms with Crippen molar-refractivity contribution in [1.82, 2.24) is 9.97 Å². The smallest absolute Gasteiger partial charge is 0.258 e. The highest BCUT2D eigenvalue weighted by molar-refractivity contribution is 6.04. The molecule has 0 bridgehead atoms. The molecule has 5 nitrogen and oxygen atoms in total. The fraction of sp³-hybridized carbons (Fsp3) is 0.421. The zero-order valence-electron chi connectivity index (χ0n) is 15.1. The van der Waals surface area contributed by atoms with Crippen molar-refractivity contribution in [1.29, 1.82) is 0 Å². The van der Waals surface area contributed by atoms with Crippen LogP contribution in [0.25, 0.3) is 0 Å². The van der Waals surface area contributed by atoms with Crippen molar-refractivity contribution < 1.29 is 4.79 Å². The minimum atomic E-state index is -0.193. The van der Waals surface area contributed by atoms with Gasteiger partial charge in [-0.2, -0.15) is 0 Å². The summed E-state index contributed by atoms with van der Waals surface area (Å²) >= 11 is 0. The largest absolute Gasteiger partial charge is 0.354 e. The van der Waals surface area contributed by atoms with Crippen LogP contribution in [0.2, 0.25) is 0 Å². The van der Waals surface area contributed by atoms with Gasteiger partial charge in [0.15, 0.2) is 0 Å². The fourth-order valence-electron chi connectivity index (χ4n) is 2.36. The second kappa shape index (κ2) is 7.90. The number of anilines is 2. The van der Waals surface area contributed by atoms with Crippen molar-refractivity contribution >= 4 is 17.5 Å². The van der Waals surface area contributed by atoms with Crippen molar-refractivity contribution in [2.24, 2.45) is 5.92 Å². The lowest BCUT2D eigenvalue weighted by Crippen LogP contribution is -2.16. The molecule has 0 aliphatic carbocycles. The molecule has 0 spiro atoms. The Morgan fingerprint density at radius 1 is 1.12 bits per heavy atom. The molecule has 1 heterocycles. The molecule has 0 aliphatic rings. The Hall–Kier alpha value is -2.43. The Morgan fingerprint density at radius 2 is 1.79 bits per heavy atom. The third kappa shape index (κ3) is 4.54. The van der Waals surface area contributed by atoms with E-state index in [1.165, 1.54) is 0 Å². The van der Waals surface area contributed by atoms with Gasteiger partial charge in [-0.05, 0) is 29.9 Å². The van der Waals surface area contributed by atoms with E-state index in [1.54, 1.807) is 12.4 Å². The van der Waals surface area contributed by atoms with Gasteiger partial charge in [-0.3, -0.25) is 4.79 Å². The van der Waals surface area contributed by atoms with Gasteiger partial charge in [0.05, 0.1) is 5.56 Å². The number of carbonyl (C=O) groups is 1. The van der Waals surface area contributed by atoms with E-state index in [-0.39, 0.29) is 5.91 Å². The molecule has 0 radical (unpaired) electrons. The van der Waals surface area contributed by atoms with Gasteiger partial charge in [0, 0.05) is 24.6 Å². The van der Waals surface area contributed by atoms with Crippen LogP contribution in [-0.2, 0) is 0 Å². The molecular weight excluding hydrogens is 300 g/mol. The van der Waals surface area contributed by atoms with Gasteiger partial charge in [0.1, 0.15) is 0 Å². The molecule has 24 heavy (non-hydrogen) atoms. The molecule has 2 aromatic rings. The van der Waals surface area contributed by atoms with Crippen molar-refractivity contribution in [2.45, 2.75) is 40.5 Å². The van der Waals surface area contributed by atoms with Crippen LogP contribution in [0.15, 0.2) is 30.6 Å². The van der Waals surface area contributed by atoms with Crippen LogP contribution in [0.3, 0.4) is 0 Å². The molecular formula is C19H26N4O. The summed E-state index contributed by atoms with van der Waals surface area (Å²) in [6.07, 6.45) is 3.11. The molecule has 1 aromatic heterocycles. The lowest BCUT2D eigenvalue weighted by Gasteiger charge is -2.16. The van der Waals surface area contributed by atoms with E-state index >= 15 is 0 Å². The van der Waals surface area contributed by atoms with E-state index in [9.17, 15) is 4.79 Å². The maximum atomic E-state index is 12.5. The van der Waals surface area contributed by atoms with Crippen molar-refractivity contribution in [3.05, 3.63) is 47.3 Å². The maximum absolute atomic E-state index is 12.5. The third-order valence-corrected chi connectivity index (χ3v) is 3.75. The normalized spacial score (nSPS) is 11.0. The highest BCUT2D eigenvalue weighted by atomic mass is 16.1. The minimum absolute atomic E-state index is 0.193. The summed E-state index contributed by atoms with van der Waals surface area (Å²) in [7, 11) is 0. The molecule has 1 amide bonds. The Labute approximate surface area is 143 Å². The molecule has 1 aromatic carbocycles. The molecule has 0 saturated heterocycles. The third-order valence-electron chi connectivity index (χ3n) is 3.75. The molecule has 0 unspecified atom stereocenters. The highest BCUT2D eigenvalue weighted by Gasteiger charge is 2.14. The number of aryl methyl sites for hydroxylation is 1. The molecule has 128 valence electrons. The topological polar surface area (TPSA) is 66.9 Å². The van der Waals surface area contributed by atoms with E-state index in [2.05, 4.69) is 48.3 Å². The first kappa shape index (κ1) is 17.9. The van der Waals surface area contributed by atoms with Gasteiger partial charge in [0.25, 0.3) is 5.91 Å². The quantitative estimate of drug-likeness (QED) is 0.833. The van der Waals surface area contributed by atoms with Crippen molar-refractivity contribution in [3.8, 4) is 0 Å². The summed E-state index contributed by atoms with van der Waals surface area (Å²) in [4.78, 5) is 20.9. The Morgan fingerprint density at radius 3 is 2.38 bits per heavy atom. The van der Waals surface area contributed by atoms with Crippen molar-refractivity contribution in [2.75, 3.05) is 17.2 Å². The number of hydrogen-bond donors (Lipinski definition) is 2. The minimum Gasteiger partial charge on any atom is -0.354 e. The molecule has 2 rings (SSSR count). The van der Waals surface area contributed by atoms with Crippen LogP contribution >= 0.6 is 0 Å². The summed E-state index contributed by atoms with van der Waals surface area (Å²) in [6, 6.07) is 6.05. The fourth-order valence-corrected chi connectivity index (χ4v) is 2.36. The Kier molecular flexibility index (Phi) is 5.90. The predicted octanol–water partition coefficient (Wildman–Crippen LogP) is 4.23. The van der Waals surface area contributed by atoms with Gasteiger partial charge in [0.2, 0.25) is 5.95 Å². The first-order valence-electron chi connectivity index (χ1n) is 8.35. The lowest BCUT2D eigenvalue weighted by molar-refractivity contribution is 0.102. The molecule has 5 heteroatoms. The molecule has 0 aliphatic heterocycles. The maximum Gasteiger partial charge on any atom is 0.258 e. The van der Waals surface area contributed by atoms with Gasteiger partial charge in [-0.1, -0.05) is 45.9 Å². The average molecular weight is 326 g/mol. The van der Waals surface area contributed by atoms with Crippen LogP contribution in [0.5, 0.6) is 0 Å². The van der Waals surface area contributed by atoms with Crippen LogP contribution in [0.4, 0.5) is 11.6 Å².